The first-order valence-corrected chi connectivity index (χ1v) is 16.4. The lowest BCUT2D eigenvalue weighted by Gasteiger charge is -2.35. The number of carbonyl (C=O) groups excluding carboxylic acids is 2. The van der Waals surface area contributed by atoms with E-state index in [9.17, 15) is 26.8 Å². The number of hydrogen-bond donors (Lipinski definition) is 4. The first-order chi connectivity index (χ1) is 20.5. The predicted octanol–water partition coefficient (Wildman–Crippen LogP) is 2.97. The zero-order valence-corrected chi connectivity index (χ0v) is 24.6. The Morgan fingerprint density at radius 2 is 1.72 bits per heavy atom. The lowest BCUT2D eigenvalue weighted by molar-refractivity contribution is -0.0221. The number of aromatic nitrogens is 1. The summed E-state index contributed by atoms with van der Waals surface area (Å²) in [5, 5.41) is 14.8. The lowest BCUT2D eigenvalue weighted by Crippen LogP contribution is -2.42. The first-order valence-electron chi connectivity index (χ1n) is 14.7. The van der Waals surface area contributed by atoms with Crippen molar-refractivity contribution in [2.24, 2.45) is 5.41 Å². The number of fused-ring (bicyclic) bond motifs is 1. The topological polar surface area (TPSA) is 144 Å². The summed E-state index contributed by atoms with van der Waals surface area (Å²) in [6.07, 6.45) is 4.19. The highest BCUT2D eigenvalue weighted by molar-refractivity contribution is 7.92. The van der Waals surface area contributed by atoms with Crippen LogP contribution in [0.5, 0.6) is 0 Å². The maximum absolute atomic E-state index is 13.9. The number of hydrogen-bond acceptors (Lipinski definition) is 8. The van der Waals surface area contributed by atoms with Crippen LogP contribution in [0.1, 0.15) is 64.8 Å². The molecule has 1 aliphatic carbocycles. The largest absolute Gasteiger partial charge is 0.395 e. The molecule has 232 valence electrons. The summed E-state index contributed by atoms with van der Waals surface area (Å²) >= 11 is 0. The van der Waals surface area contributed by atoms with Crippen LogP contribution in [0.15, 0.2) is 24.3 Å². The van der Waals surface area contributed by atoms with Crippen LogP contribution in [0, 0.1) is 5.41 Å². The van der Waals surface area contributed by atoms with Gasteiger partial charge >= 0.3 is 0 Å². The highest BCUT2D eigenvalue weighted by Crippen LogP contribution is 2.54. The molecule has 14 heteroatoms. The number of halogens is 2. The van der Waals surface area contributed by atoms with Gasteiger partial charge in [0.2, 0.25) is 10.0 Å². The quantitative estimate of drug-likeness (QED) is 0.354. The molecule has 0 radical (unpaired) electrons. The number of rotatable bonds is 8. The molecule has 11 nitrogen and oxygen atoms in total. The average Bonchev–Trinajstić information content (AvgIpc) is 3.71. The van der Waals surface area contributed by atoms with Gasteiger partial charge in [-0.3, -0.25) is 14.3 Å². The van der Waals surface area contributed by atoms with E-state index in [4.69, 9.17) is 5.11 Å². The van der Waals surface area contributed by atoms with Crippen molar-refractivity contribution in [1.82, 2.24) is 10.3 Å². The van der Waals surface area contributed by atoms with Gasteiger partial charge in [-0.15, -0.1) is 0 Å². The van der Waals surface area contributed by atoms with Crippen LogP contribution < -0.4 is 25.2 Å². The third kappa shape index (κ3) is 6.40. The Morgan fingerprint density at radius 1 is 1.02 bits per heavy atom. The molecule has 0 bridgehead atoms. The molecule has 1 aromatic heterocycles. The van der Waals surface area contributed by atoms with Gasteiger partial charge in [-0.05, 0) is 67.3 Å². The summed E-state index contributed by atoms with van der Waals surface area (Å²) in [5.74, 6) is -3.52. The number of anilines is 4. The molecule has 2 aromatic rings. The van der Waals surface area contributed by atoms with Gasteiger partial charge in [0.25, 0.3) is 17.7 Å². The van der Waals surface area contributed by atoms with Crippen molar-refractivity contribution in [2.75, 3.05) is 64.9 Å². The number of amides is 2. The molecule has 0 atom stereocenters. The van der Waals surface area contributed by atoms with Crippen LogP contribution in [0.3, 0.4) is 0 Å². The number of pyridine rings is 1. The molecule has 1 aromatic carbocycles. The SMILES string of the molecule is O=C(Nc1cc2c(c(N3CCC(F)(F)CC3)n1)C(=O)NCC2)c1ccc(NS(=O)(=O)CCO)cc1N1CCC2(CC1)CC2. The number of benzene rings is 1. The van der Waals surface area contributed by atoms with E-state index in [0.717, 1.165) is 25.9 Å². The van der Waals surface area contributed by atoms with Crippen molar-refractivity contribution in [3.05, 3.63) is 41.0 Å². The maximum atomic E-state index is 13.9. The summed E-state index contributed by atoms with van der Waals surface area (Å²) in [6.45, 7) is 1.41. The van der Waals surface area contributed by atoms with Crippen molar-refractivity contribution in [3.8, 4) is 0 Å². The second kappa shape index (κ2) is 11.2. The van der Waals surface area contributed by atoms with Gasteiger partial charge < -0.3 is 25.5 Å². The van der Waals surface area contributed by atoms with Crippen molar-refractivity contribution >= 4 is 44.8 Å². The molecule has 3 aliphatic heterocycles. The number of aliphatic hydroxyl groups is 1. The zero-order chi connectivity index (χ0) is 30.4. The minimum absolute atomic E-state index is 0.0331. The molecular weight excluding hydrogens is 582 g/mol. The minimum Gasteiger partial charge on any atom is -0.395 e. The van der Waals surface area contributed by atoms with Crippen molar-refractivity contribution in [3.63, 3.8) is 0 Å². The fourth-order valence-electron chi connectivity index (χ4n) is 6.25. The molecule has 2 saturated heterocycles. The minimum atomic E-state index is -3.77. The molecule has 43 heavy (non-hydrogen) atoms. The Kier molecular flexibility index (Phi) is 7.69. The molecule has 6 rings (SSSR count). The third-order valence-corrected chi connectivity index (χ3v) is 10.3. The normalized spacial score (nSPS) is 20.8. The Morgan fingerprint density at radius 3 is 2.40 bits per heavy atom. The summed E-state index contributed by atoms with van der Waals surface area (Å²) < 4.78 is 55.0. The molecule has 0 unspecified atom stereocenters. The molecule has 4 heterocycles. The molecule has 4 N–H and O–H groups in total. The van der Waals surface area contributed by atoms with Gasteiger partial charge in [-0.25, -0.2) is 22.2 Å². The number of piperidine rings is 2. The molecule has 3 fully saturated rings. The van der Waals surface area contributed by atoms with Gasteiger partial charge in [-0.2, -0.15) is 0 Å². The zero-order valence-electron chi connectivity index (χ0n) is 23.8. The third-order valence-electron chi connectivity index (χ3n) is 9.02. The molecular formula is C29H36F2N6O5S. The second-order valence-electron chi connectivity index (χ2n) is 12.0. The standard InChI is InChI=1S/C29H36F2N6O5S/c30-29(31)8-13-37(14-9-29)25-24-19(3-10-32-27(24)40)17-23(33-25)34-26(39)21-2-1-20(35-43(41,42)16-15-38)18-22(21)36-11-6-28(4-5-28)7-12-36/h1-2,17-18,35,38H,3-16H2,(H,32,40)(H,33,34,39). The molecule has 4 aliphatic rings. The first kappa shape index (κ1) is 29.5. The Bertz CT molecular complexity index is 1530. The average molecular weight is 619 g/mol. The highest BCUT2D eigenvalue weighted by Gasteiger charge is 2.45. The number of aliphatic hydroxyl groups excluding tert-OH is 1. The van der Waals surface area contributed by atoms with E-state index in [2.05, 4.69) is 25.2 Å². The van der Waals surface area contributed by atoms with Gasteiger partial charge in [0.15, 0.2) is 0 Å². The number of nitrogens with zero attached hydrogens (tertiary/aromatic N) is 3. The second-order valence-corrected chi connectivity index (χ2v) is 13.9. The maximum Gasteiger partial charge on any atom is 0.258 e. The van der Waals surface area contributed by atoms with Gasteiger partial charge in [-0.1, -0.05) is 0 Å². The fourth-order valence-corrected chi connectivity index (χ4v) is 7.08. The van der Waals surface area contributed by atoms with E-state index in [-0.39, 0.29) is 49.2 Å². The van der Waals surface area contributed by atoms with Gasteiger partial charge in [0.1, 0.15) is 11.6 Å². The number of alkyl halides is 2. The Balaban J connectivity index is 1.31. The highest BCUT2D eigenvalue weighted by atomic mass is 32.2. The van der Waals surface area contributed by atoms with Crippen LogP contribution >= 0.6 is 0 Å². The van der Waals surface area contributed by atoms with Crippen LogP contribution in [0.4, 0.5) is 31.8 Å². The van der Waals surface area contributed by atoms with E-state index < -0.39 is 34.2 Å². The molecule has 1 saturated carbocycles. The van der Waals surface area contributed by atoms with Crippen molar-refractivity contribution in [1.29, 1.82) is 0 Å². The van der Waals surface area contributed by atoms with E-state index in [1.54, 1.807) is 23.1 Å². The van der Waals surface area contributed by atoms with Crippen LogP contribution in [-0.2, 0) is 16.4 Å². The smallest absolute Gasteiger partial charge is 0.258 e. The summed E-state index contributed by atoms with van der Waals surface area (Å²) in [5.41, 5.74) is 2.60. The number of nitrogens with one attached hydrogen (secondary N) is 3. The van der Waals surface area contributed by atoms with E-state index in [0.29, 0.717) is 40.8 Å². The van der Waals surface area contributed by atoms with E-state index in [1.165, 1.54) is 18.9 Å². The van der Waals surface area contributed by atoms with Crippen LogP contribution in [0.25, 0.3) is 0 Å². The Hall–Kier alpha value is -3.52. The lowest BCUT2D eigenvalue weighted by atomic mass is 9.93. The Labute approximate surface area is 249 Å². The van der Waals surface area contributed by atoms with E-state index in [1.807, 2.05) is 0 Å². The summed E-state index contributed by atoms with van der Waals surface area (Å²) in [4.78, 5) is 34.9. The van der Waals surface area contributed by atoms with E-state index >= 15 is 0 Å². The molecule has 2 amide bonds. The number of sulfonamides is 1. The van der Waals surface area contributed by atoms with Gasteiger partial charge in [0.05, 0.1) is 34.9 Å². The monoisotopic (exact) mass is 618 g/mol. The molecule has 1 spiro atoms. The fraction of sp³-hybridized carbons (Fsp3) is 0.552. The van der Waals surface area contributed by atoms with Crippen molar-refractivity contribution < 1.29 is 31.9 Å². The van der Waals surface area contributed by atoms with Gasteiger partial charge in [0, 0.05) is 45.6 Å². The van der Waals surface area contributed by atoms with Crippen LogP contribution in [-0.4, -0.2) is 81.3 Å². The summed E-state index contributed by atoms with van der Waals surface area (Å²) in [6, 6.07) is 6.35. The van der Waals surface area contributed by atoms with Crippen molar-refractivity contribution in [2.45, 2.75) is 50.9 Å². The summed E-state index contributed by atoms with van der Waals surface area (Å²) in [7, 11) is -3.77. The number of carbonyl (C=O) groups is 2. The predicted molar refractivity (Wildman–Crippen MR) is 159 cm³/mol. The van der Waals surface area contributed by atoms with Crippen LogP contribution in [0.2, 0.25) is 0 Å².